The lowest BCUT2D eigenvalue weighted by Crippen LogP contribution is -2.21. The van der Waals surface area contributed by atoms with Gasteiger partial charge in [-0.05, 0) is 76.1 Å². The van der Waals surface area contributed by atoms with Crippen LogP contribution in [0.5, 0.6) is 0 Å². The molecule has 0 radical (unpaired) electrons. The van der Waals surface area contributed by atoms with Gasteiger partial charge in [-0.1, -0.05) is 62.3 Å². The fraction of sp³-hybridized carbons (Fsp3) is 0.727. The summed E-state index contributed by atoms with van der Waals surface area (Å²) >= 11 is 2.36. The summed E-state index contributed by atoms with van der Waals surface area (Å²) in [4.78, 5) is 12.0. The Morgan fingerprint density at radius 3 is 1.46 bits per heavy atom. The summed E-state index contributed by atoms with van der Waals surface area (Å²) < 4.78 is 1.09. The van der Waals surface area contributed by atoms with Gasteiger partial charge >= 0.3 is 0 Å². The van der Waals surface area contributed by atoms with Crippen molar-refractivity contribution >= 4 is 28.3 Å². The van der Waals surface area contributed by atoms with Crippen LogP contribution in [0.1, 0.15) is 84.6 Å². The summed E-state index contributed by atoms with van der Waals surface area (Å²) in [6.07, 6.45) is 2.37. The molecule has 0 aliphatic heterocycles. The van der Waals surface area contributed by atoms with Crippen molar-refractivity contribution < 1.29 is 4.92 Å². The molecule has 0 aliphatic rings. The van der Waals surface area contributed by atoms with Crippen LogP contribution < -0.4 is 0 Å². The highest BCUT2D eigenvalue weighted by Crippen LogP contribution is 2.42. The van der Waals surface area contributed by atoms with E-state index in [9.17, 15) is 10.1 Å². The van der Waals surface area contributed by atoms with Crippen LogP contribution in [0, 0.1) is 36.9 Å². The Balaban J connectivity index is 3.88. The molecule has 1 aromatic rings. The van der Waals surface area contributed by atoms with Crippen LogP contribution in [-0.2, 0) is 19.3 Å². The molecule has 148 valence electrons. The van der Waals surface area contributed by atoms with E-state index < -0.39 is 0 Å². The molecule has 26 heavy (non-hydrogen) atoms. The summed E-state index contributed by atoms with van der Waals surface area (Å²) in [5, 5.41) is 12.1. The van der Waals surface area contributed by atoms with Gasteiger partial charge in [0.1, 0.15) is 0 Å². The van der Waals surface area contributed by atoms with Crippen molar-refractivity contribution in [3.8, 4) is 0 Å². The van der Waals surface area contributed by atoms with Gasteiger partial charge in [0.25, 0.3) is 5.69 Å². The smallest absolute Gasteiger partial charge is 0.258 e. The van der Waals surface area contributed by atoms with Crippen LogP contribution in [0.15, 0.2) is 0 Å². The minimum absolute atomic E-state index is 0.000312. The summed E-state index contributed by atoms with van der Waals surface area (Å²) in [6.45, 7) is 21.7. The molecule has 0 aliphatic carbocycles. The SMILES string of the molecule is Cc1c(CC(C)(C)C)c(I)c(CC(C)(C)C)c([N+](=O)[O-])c1CC(C)(C)C. The van der Waals surface area contributed by atoms with Crippen molar-refractivity contribution in [3.05, 3.63) is 35.9 Å². The van der Waals surface area contributed by atoms with Crippen molar-refractivity contribution in [1.82, 2.24) is 0 Å². The highest BCUT2D eigenvalue weighted by molar-refractivity contribution is 14.1. The van der Waals surface area contributed by atoms with Gasteiger partial charge in [-0.2, -0.15) is 0 Å². The molecule has 0 atom stereocenters. The molecule has 3 nitrogen and oxygen atoms in total. The minimum Gasteiger partial charge on any atom is -0.258 e. The van der Waals surface area contributed by atoms with Crippen molar-refractivity contribution in [2.75, 3.05) is 0 Å². The van der Waals surface area contributed by atoms with Crippen LogP contribution in [0.2, 0.25) is 0 Å². The Morgan fingerprint density at radius 1 is 0.769 bits per heavy atom. The molecule has 1 aromatic carbocycles. The zero-order valence-corrected chi connectivity index (χ0v) is 20.4. The standard InChI is InChI=1S/C22H36INO2/c1-14-15(11-20(2,3)4)18(23)17(13-22(8,9)10)19(24(25)26)16(14)12-21(5,6)7/h11-13H2,1-10H3. The predicted octanol–water partition coefficient (Wildman–Crippen LogP) is 7.27. The van der Waals surface area contributed by atoms with E-state index in [0.717, 1.165) is 39.5 Å². The summed E-state index contributed by atoms with van der Waals surface area (Å²) in [5.41, 5.74) is 4.76. The van der Waals surface area contributed by atoms with E-state index in [2.05, 4.69) is 91.8 Å². The number of halogens is 1. The van der Waals surface area contributed by atoms with Crippen LogP contribution in [0.4, 0.5) is 5.69 Å². The predicted molar refractivity (Wildman–Crippen MR) is 120 cm³/mol. The first kappa shape index (κ1) is 23.4. The third-order valence-corrected chi connectivity index (χ3v) is 5.61. The molecule has 0 saturated heterocycles. The first-order valence-corrected chi connectivity index (χ1v) is 10.5. The summed E-state index contributed by atoms with van der Waals surface area (Å²) in [7, 11) is 0. The van der Waals surface area contributed by atoms with Crippen molar-refractivity contribution in [2.24, 2.45) is 16.2 Å². The van der Waals surface area contributed by atoms with Crippen LogP contribution >= 0.6 is 22.6 Å². The van der Waals surface area contributed by atoms with E-state index >= 15 is 0 Å². The fourth-order valence-electron chi connectivity index (χ4n) is 3.39. The maximum atomic E-state index is 12.1. The van der Waals surface area contributed by atoms with Crippen molar-refractivity contribution in [3.63, 3.8) is 0 Å². The number of rotatable bonds is 4. The normalized spacial score (nSPS) is 13.2. The quantitative estimate of drug-likeness (QED) is 0.262. The monoisotopic (exact) mass is 473 g/mol. The van der Waals surface area contributed by atoms with Gasteiger partial charge in [0.05, 0.1) is 4.92 Å². The number of nitro groups is 1. The van der Waals surface area contributed by atoms with Crippen LogP contribution in [0.3, 0.4) is 0 Å². The molecule has 1 rings (SSSR count). The summed E-state index contributed by atoms with van der Waals surface area (Å²) in [6, 6.07) is 0. The maximum Gasteiger partial charge on any atom is 0.277 e. The Morgan fingerprint density at radius 2 is 1.12 bits per heavy atom. The van der Waals surface area contributed by atoms with Gasteiger partial charge in [0, 0.05) is 14.7 Å². The zero-order chi connectivity index (χ0) is 20.7. The second-order valence-corrected chi connectivity index (χ2v) is 12.3. The number of hydrogen-bond donors (Lipinski definition) is 0. The minimum atomic E-state index is -0.141. The topological polar surface area (TPSA) is 43.1 Å². The zero-order valence-electron chi connectivity index (χ0n) is 18.3. The molecule has 0 unspecified atom stereocenters. The fourth-order valence-corrected chi connectivity index (χ4v) is 4.43. The van der Waals surface area contributed by atoms with Gasteiger partial charge in [0.15, 0.2) is 0 Å². The number of hydrogen-bond acceptors (Lipinski definition) is 2. The van der Waals surface area contributed by atoms with E-state index in [0.29, 0.717) is 5.69 Å². The molecule has 4 heteroatoms. The third kappa shape index (κ3) is 6.50. The molecule has 0 N–H and O–H groups in total. The number of nitro benzene ring substituents is 1. The highest BCUT2D eigenvalue weighted by Gasteiger charge is 2.33. The van der Waals surface area contributed by atoms with E-state index in [1.165, 1.54) is 5.56 Å². The number of benzene rings is 1. The van der Waals surface area contributed by atoms with Crippen molar-refractivity contribution in [2.45, 2.75) is 88.5 Å². The molecule has 0 fully saturated rings. The van der Waals surface area contributed by atoms with Gasteiger partial charge < -0.3 is 0 Å². The molecule has 0 aromatic heterocycles. The van der Waals surface area contributed by atoms with Gasteiger partial charge in [0.2, 0.25) is 0 Å². The van der Waals surface area contributed by atoms with E-state index in [-0.39, 0.29) is 21.2 Å². The lowest BCUT2D eigenvalue weighted by molar-refractivity contribution is -0.386. The lowest BCUT2D eigenvalue weighted by Gasteiger charge is -2.28. The molecular formula is C22H36INO2. The Kier molecular flexibility index (Phi) is 6.99. The molecule has 0 saturated carbocycles. The number of nitrogens with zero attached hydrogens (tertiary/aromatic N) is 1. The average molecular weight is 473 g/mol. The first-order chi connectivity index (χ1) is 11.4. The summed E-state index contributed by atoms with van der Waals surface area (Å²) in [5.74, 6) is 0. The molecule has 0 spiro atoms. The third-order valence-electron chi connectivity index (χ3n) is 4.31. The molecule has 0 heterocycles. The largest absolute Gasteiger partial charge is 0.277 e. The highest BCUT2D eigenvalue weighted by atomic mass is 127. The Labute approximate surface area is 173 Å². The van der Waals surface area contributed by atoms with E-state index in [1.807, 2.05) is 0 Å². The average Bonchev–Trinajstić information content (AvgIpc) is 2.35. The van der Waals surface area contributed by atoms with Crippen LogP contribution in [0.25, 0.3) is 0 Å². The molecule has 0 amide bonds. The lowest BCUT2D eigenvalue weighted by atomic mass is 9.78. The van der Waals surface area contributed by atoms with E-state index in [4.69, 9.17) is 0 Å². The van der Waals surface area contributed by atoms with Gasteiger partial charge in [-0.3, -0.25) is 10.1 Å². The van der Waals surface area contributed by atoms with Gasteiger partial charge in [-0.15, -0.1) is 0 Å². The van der Waals surface area contributed by atoms with E-state index in [1.54, 1.807) is 0 Å². The maximum absolute atomic E-state index is 12.1. The molecular weight excluding hydrogens is 437 g/mol. The second-order valence-electron chi connectivity index (χ2n) is 11.2. The first-order valence-electron chi connectivity index (χ1n) is 9.40. The second kappa shape index (κ2) is 7.76. The molecule has 0 bridgehead atoms. The van der Waals surface area contributed by atoms with Gasteiger partial charge in [-0.25, -0.2) is 0 Å². The van der Waals surface area contributed by atoms with Crippen molar-refractivity contribution in [1.29, 1.82) is 0 Å². The van der Waals surface area contributed by atoms with Crippen LogP contribution in [-0.4, -0.2) is 4.92 Å². The Bertz CT molecular complexity index is 643. The Hall–Kier alpha value is -0.650.